The van der Waals surface area contributed by atoms with Crippen molar-refractivity contribution in [3.63, 3.8) is 0 Å². The zero-order valence-electron chi connectivity index (χ0n) is 12.9. The van der Waals surface area contributed by atoms with Gasteiger partial charge >= 0.3 is 11.9 Å². The van der Waals surface area contributed by atoms with Gasteiger partial charge in [0, 0.05) is 6.42 Å². The molecule has 4 N–H and O–H groups in total. The van der Waals surface area contributed by atoms with E-state index >= 15 is 0 Å². The molecular formula is C15H28O6. The Morgan fingerprint density at radius 3 is 1.76 bits per heavy atom. The normalized spacial score (nSPS) is 17.0. The van der Waals surface area contributed by atoms with Crippen LogP contribution in [-0.4, -0.2) is 44.6 Å². The summed E-state index contributed by atoms with van der Waals surface area (Å²) in [7, 11) is 0. The molecule has 0 aromatic heterocycles. The van der Waals surface area contributed by atoms with E-state index in [0.29, 0.717) is 19.3 Å². The predicted molar refractivity (Wildman–Crippen MR) is 78.0 cm³/mol. The third-order valence-corrected chi connectivity index (χ3v) is 3.62. The van der Waals surface area contributed by atoms with Gasteiger partial charge in [0.05, 0.1) is 17.6 Å². The largest absolute Gasteiger partial charge is 0.481 e. The molecule has 0 saturated carbocycles. The van der Waals surface area contributed by atoms with Gasteiger partial charge in [-0.1, -0.05) is 19.3 Å². The van der Waals surface area contributed by atoms with E-state index in [1.54, 1.807) is 13.8 Å². The van der Waals surface area contributed by atoms with Gasteiger partial charge in [0.25, 0.3) is 0 Å². The Morgan fingerprint density at radius 2 is 1.38 bits per heavy atom. The van der Waals surface area contributed by atoms with Gasteiger partial charge in [-0.05, 0) is 39.5 Å². The minimum atomic E-state index is -1.12. The Balaban J connectivity index is 4.45. The monoisotopic (exact) mass is 304 g/mol. The van der Waals surface area contributed by atoms with Crippen molar-refractivity contribution >= 4 is 11.9 Å². The maximum atomic E-state index is 11.6. The summed E-state index contributed by atoms with van der Waals surface area (Å²) < 4.78 is 0. The standard InChI is InChI=1S/C15H28O6/c1-11(16)9-15(14(20)21,10-12(2)17)8-6-4-3-5-7-13(18)19/h11-12,16-17H,3-10H2,1-2H3,(H,18,19)(H,20,21). The van der Waals surface area contributed by atoms with E-state index in [4.69, 9.17) is 5.11 Å². The number of unbranched alkanes of at least 4 members (excludes halogenated alkanes) is 3. The molecule has 124 valence electrons. The molecule has 0 aliphatic carbocycles. The summed E-state index contributed by atoms with van der Waals surface area (Å²) in [6.45, 7) is 3.10. The van der Waals surface area contributed by atoms with E-state index in [9.17, 15) is 24.9 Å². The number of carboxylic acids is 2. The molecule has 0 saturated heterocycles. The molecule has 2 unspecified atom stereocenters. The van der Waals surface area contributed by atoms with Crippen molar-refractivity contribution in [2.24, 2.45) is 5.41 Å². The zero-order valence-corrected chi connectivity index (χ0v) is 12.9. The molecular weight excluding hydrogens is 276 g/mol. The molecule has 0 heterocycles. The lowest BCUT2D eigenvalue weighted by molar-refractivity contribution is -0.154. The van der Waals surface area contributed by atoms with Crippen molar-refractivity contribution in [3.05, 3.63) is 0 Å². The van der Waals surface area contributed by atoms with Crippen molar-refractivity contribution < 1.29 is 30.0 Å². The molecule has 0 spiro atoms. The molecule has 21 heavy (non-hydrogen) atoms. The van der Waals surface area contributed by atoms with Gasteiger partial charge in [0.1, 0.15) is 0 Å². The summed E-state index contributed by atoms with van der Waals surface area (Å²) in [6.07, 6.45) is 1.97. The Bertz CT molecular complexity index is 314. The second kappa shape index (κ2) is 9.73. The number of hydrogen-bond acceptors (Lipinski definition) is 4. The molecule has 6 nitrogen and oxygen atoms in total. The van der Waals surface area contributed by atoms with Crippen molar-refractivity contribution in [2.45, 2.75) is 77.4 Å². The minimum absolute atomic E-state index is 0.113. The first-order valence-corrected chi connectivity index (χ1v) is 7.51. The fourth-order valence-electron chi connectivity index (χ4n) is 2.79. The van der Waals surface area contributed by atoms with Crippen molar-refractivity contribution in [1.29, 1.82) is 0 Å². The molecule has 0 aliphatic heterocycles. The van der Waals surface area contributed by atoms with Crippen LogP contribution in [-0.2, 0) is 9.59 Å². The predicted octanol–water partition coefficient (Wildman–Crippen LogP) is 2.02. The van der Waals surface area contributed by atoms with E-state index in [1.165, 1.54) is 0 Å². The van der Waals surface area contributed by atoms with Crippen molar-refractivity contribution in [2.75, 3.05) is 0 Å². The maximum Gasteiger partial charge on any atom is 0.309 e. The number of aliphatic carboxylic acids is 2. The van der Waals surface area contributed by atoms with Crippen LogP contribution in [0, 0.1) is 5.41 Å². The summed E-state index contributed by atoms with van der Waals surface area (Å²) in [5.74, 6) is -1.81. The molecule has 0 radical (unpaired) electrons. The third kappa shape index (κ3) is 8.67. The second-order valence-electron chi connectivity index (χ2n) is 6.00. The Kier molecular flexibility index (Phi) is 9.21. The third-order valence-electron chi connectivity index (χ3n) is 3.62. The highest BCUT2D eigenvalue weighted by Gasteiger charge is 2.39. The molecule has 0 amide bonds. The summed E-state index contributed by atoms with van der Waals surface area (Å²) in [6, 6.07) is 0. The van der Waals surface area contributed by atoms with E-state index < -0.39 is 29.6 Å². The van der Waals surface area contributed by atoms with Crippen LogP contribution in [0.15, 0.2) is 0 Å². The van der Waals surface area contributed by atoms with E-state index in [2.05, 4.69) is 0 Å². The second-order valence-corrected chi connectivity index (χ2v) is 6.00. The lowest BCUT2D eigenvalue weighted by Gasteiger charge is -2.32. The van der Waals surface area contributed by atoms with Gasteiger partial charge in [-0.25, -0.2) is 0 Å². The number of hydrogen-bond donors (Lipinski definition) is 4. The number of carbonyl (C=O) groups is 2. The lowest BCUT2D eigenvalue weighted by Crippen LogP contribution is -2.37. The molecule has 0 aliphatic rings. The van der Waals surface area contributed by atoms with Crippen molar-refractivity contribution in [3.8, 4) is 0 Å². The van der Waals surface area contributed by atoms with E-state index in [-0.39, 0.29) is 19.3 Å². The van der Waals surface area contributed by atoms with Crippen LogP contribution in [0.2, 0.25) is 0 Å². The van der Waals surface area contributed by atoms with Crippen molar-refractivity contribution in [1.82, 2.24) is 0 Å². The zero-order chi connectivity index (χ0) is 16.5. The molecule has 2 atom stereocenters. The van der Waals surface area contributed by atoms with Crippen LogP contribution in [0.3, 0.4) is 0 Å². The van der Waals surface area contributed by atoms with Gasteiger partial charge in [-0.3, -0.25) is 9.59 Å². The Morgan fingerprint density at radius 1 is 0.905 bits per heavy atom. The number of aliphatic hydroxyl groups excluding tert-OH is 2. The topological polar surface area (TPSA) is 115 Å². The highest BCUT2D eigenvalue weighted by atomic mass is 16.4. The van der Waals surface area contributed by atoms with Gasteiger partial charge in [0.2, 0.25) is 0 Å². The van der Waals surface area contributed by atoms with E-state index in [1.807, 2.05) is 0 Å². The van der Waals surface area contributed by atoms with Crippen LogP contribution in [0.4, 0.5) is 0 Å². The van der Waals surface area contributed by atoms with Crippen LogP contribution in [0.25, 0.3) is 0 Å². The maximum absolute atomic E-state index is 11.6. The van der Waals surface area contributed by atoms with Gasteiger partial charge < -0.3 is 20.4 Å². The smallest absolute Gasteiger partial charge is 0.309 e. The Hall–Kier alpha value is -1.14. The van der Waals surface area contributed by atoms with Crippen LogP contribution < -0.4 is 0 Å². The molecule has 0 aromatic carbocycles. The number of rotatable bonds is 12. The highest BCUT2D eigenvalue weighted by Crippen LogP contribution is 2.36. The highest BCUT2D eigenvalue weighted by molar-refractivity contribution is 5.74. The fourth-order valence-corrected chi connectivity index (χ4v) is 2.79. The molecule has 0 bridgehead atoms. The SMILES string of the molecule is CC(O)CC(CCCCCCC(=O)O)(CC(C)O)C(=O)O. The fraction of sp³-hybridized carbons (Fsp3) is 0.867. The number of aliphatic hydroxyl groups is 2. The van der Waals surface area contributed by atoms with Crippen LogP contribution in [0.1, 0.15) is 65.2 Å². The summed E-state index contributed by atoms with van der Waals surface area (Å²) in [5.41, 5.74) is -1.12. The lowest BCUT2D eigenvalue weighted by atomic mass is 9.74. The average molecular weight is 304 g/mol. The average Bonchev–Trinajstić information content (AvgIpc) is 2.31. The minimum Gasteiger partial charge on any atom is -0.481 e. The molecule has 0 aromatic rings. The number of carboxylic acid groups (broad SMARTS) is 2. The summed E-state index contributed by atoms with van der Waals surface area (Å²) in [5, 5.41) is 37.1. The Labute approximate surface area is 125 Å². The summed E-state index contributed by atoms with van der Waals surface area (Å²) in [4.78, 5) is 22.0. The van der Waals surface area contributed by atoms with Gasteiger partial charge in [-0.2, -0.15) is 0 Å². The summed E-state index contributed by atoms with van der Waals surface area (Å²) >= 11 is 0. The van der Waals surface area contributed by atoms with Crippen LogP contribution >= 0.6 is 0 Å². The van der Waals surface area contributed by atoms with Gasteiger partial charge in [0.15, 0.2) is 0 Å². The van der Waals surface area contributed by atoms with Crippen LogP contribution in [0.5, 0.6) is 0 Å². The first-order valence-electron chi connectivity index (χ1n) is 7.51. The first-order chi connectivity index (χ1) is 9.69. The molecule has 0 fully saturated rings. The first kappa shape index (κ1) is 19.9. The van der Waals surface area contributed by atoms with Gasteiger partial charge in [-0.15, -0.1) is 0 Å². The molecule has 0 rings (SSSR count). The molecule has 6 heteroatoms. The quantitative estimate of drug-likeness (QED) is 0.410. The van der Waals surface area contributed by atoms with E-state index in [0.717, 1.165) is 12.8 Å².